The van der Waals surface area contributed by atoms with Crippen molar-refractivity contribution >= 4 is 27.8 Å². The molecular formula is C11H10ClN2O3S. The number of nitrogens with zero attached hydrogens (tertiary/aromatic N) is 1. The smallest absolute Gasteiger partial charge is 0.227 e. The summed E-state index contributed by atoms with van der Waals surface area (Å²) in [5, 5.41) is 2.71. The summed E-state index contributed by atoms with van der Waals surface area (Å²) in [6.45, 7) is 0. The number of benzene rings is 1. The van der Waals surface area contributed by atoms with Crippen molar-refractivity contribution < 1.29 is 13.2 Å². The molecule has 0 saturated heterocycles. The molecule has 1 atom stereocenters. The van der Waals surface area contributed by atoms with E-state index in [0.29, 0.717) is 5.75 Å². The minimum absolute atomic E-state index is 0.233. The quantitative estimate of drug-likeness (QED) is 0.672. The van der Waals surface area contributed by atoms with Crippen LogP contribution in [0.5, 0.6) is 5.75 Å². The Morgan fingerprint density at radius 3 is 2.61 bits per heavy atom. The van der Waals surface area contributed by atoms with Gasteiger partial charge in [0, 0.05) is 6.26 Å². The van der Waals surface area contributed by atoms with Crippen LogP contribution in [0.1, 0.15) is 0 Å². The van der Waals surface area contributed by atoms with Gasteiger partial charge in [0.05, 0.1) is 17.3 Å². The summed E-state index contributed by atoms with van der Waals surface area (Å²) < 4.78 is 27.9. The Bertz CT molecular complexity index is 593. The average Bonchev–Trinajstić information content (AvgIpc) is 2.28. The lowest BCUT2D eigenvalue weighted by atomic mass is 10.3. The highest BCUT2D eigenvalue weighted by Gasteiger charge is 2.10. The maximum Gasteiger partial charge on any atom is 0.227 e. The summed E-state index contributed by atoms with van der Waals surface area (Å²) in [5.41, 5.74) is -0.493. The zero-order valence-corrected chi connectivity index (χ0v) is 11.0. The first kappa shape index (κ1) is 12.9. The molecule has 7 heteroatoms. The van der Waals surface area contributed by atoms with Gasteiger partial charge in [-0.25, -0.2) is 13.4 Å². The Labute approximate surface area is 110 Å². The van der Waals surface area contributed by atoms with Gasteiger partial charge in [-0.05, 0) is 24.3 Å². The monoisotopic (exact) mass is 285 g/mol. The molecule has 1 N–H and O–H groups in total. The van der Waals surface area contributed by atoms with E-state index in [4.69, 9.17) is 16.3 Å². The van der Waals surface area contributed by atoms with E-state index in [0.717, 1.165) is 6.26 Å². The van der Waals surface area contributed by atoms with Crippen LogP contribution < -0.4 is 10.1 Å². The lowest BCUT2D eigenvalue weighted by Crippen LogP contribution is -2.24. The van der Waals surface area contributed by atoms with Crippen LogP contribution >= 0.6 is 11.6 Å². The van der Waals surface area contributed by atoms with Crippen molar-refractivity contribution in [2.24, 2.45) is 4.99 Å². The lowest BCUT2D eigenvalue weighted by molar-refractivity contribution is 0.411. The molecule has 95 valence electrons. The number of halogens is 1. The van der Waals surface area contributed by atoms with E-state index >= 15 is 0 Å². The summed E-state index contributed by atoms with van der Waals surface area (Å²) >= 11 is 5.77. The van der Waals surface area contributed by atoms with E-state index in [2.05, 4.69) is 16.4 Å². The summed E-state index contributed by atoms with van der Waals surface area (Å²) in [5.74, 6) is 0.702. The first-order chi connectivity index (χ1) is 8.45. The van der Waals surface area contributed by atoms with Gasteiger partial charge in [-0.3, -0.25) is 0 Å². The molecular weight excluding hydrogens is 276 g/mol. The minimum atomic E-state index is -3.20. The Kier molecular flexibility index (Phi) is 3.58. The fourth-order valence-corrected chi connectivity index (χ4v) is 2.05. The lowest BCUT2D eigenvalue weighted by Gasteiger charge is -2.12. The van der Waals surface area contributed by atoms with Crippen LogP contribution in [0.25, 0.3) is 0 Å². The summed E-state index contributed by atoms with van der Waals surface area (Å²) in [4.78, 5) is 4.12. The second-order valence-corrected chi connectivity index (χ2v) is 6.03. The third-order valence-electron chi connectivity index (χ3n) is 2.12. The van der Waals surface area contributed by atoms with Gasteiger partial charge in [-0.15, -0.1) is 0 Å². The van der Waals surface area contributed by atoms with Crippen LogP contribution in [0.2, 0.25) is 0 Å². The number of rotatable bonds is 3. The first-order valence-corrected chi connectivity index (χ1v) is 7.32. The van der Waals surface area contributed by atoms with Crippen molar-refractivity contribution in [2.45, 2.75) is 10.4 Å². The van der Waals surface area contributed by atoms with Gasteiger partial charge in [0.15, 0.2) is 9.84 Å². The standard InChI is InChI=1S/C11H10ClN2O3S/c1-18(15,16)9-4-2-8(3-5-9)17-11-6-10(12)13-7-14-11/h2-5,7,10H,1H3,(H,13,14). The van der Waals surface area contributed by atoms with Gasteiger partial charge in [0.2, 0.25) is 5.88 Å². The van der Waals surface area contributed by atoms with E-state index < -0.39 is 15.3 Å². The van der Waals surface area contributed by atoms with Crippen LogP contribution in [0.4, 0.5) is 0 Å². The summed E-state index contributed by atoms with van der Waals surface area (Å²) in [6, 6.07) is 6.03. The maximum atomic E-state index is 11.3. The molecule has 0 amide bonds. The van der Waals surface area contributed by atoms with E-state index in [-0.39, 0.29) is 10.8 Å². The van der Waals surface area contributed by atoms with Crippen LogP contribution in [0.3, 0.4) is 0 Å². The third kappa shape index (κ3) is 3.24. The van der Waals surface area contributed by atoms with Gasteiger partial charge in [-0.1, -0.05) is 11.6 Å². The normalized spacial score (nSPS) is 19.0. The molecule has 1 aliphatic heterocycles. The predicted octanol–water partition coefficient (Wildman–Crippen LogP) is 1.31. The SMILES string of the molecule is CS(=O)(=O)c1ccc(OC2=[C]C(Cl)NC=N2)cc1. The van der Waals surface area contributed by atoms with Gasteiger partial charge >= 0.3 is 0 Å². The molecule has 0 saturated carbocycles. The molecule has 0 aliphatic carbocycles. The number of sulfone groups is 1. The van der Waals surface area contributed by atoms with Crippen LogP contribution in [-0.4, -0.2) is 26.5 Å². The van der Waals surface area contributed by atoms with Crippen molar-refractivity contribution in [1.29, 1.82) is 0 Å². The largest absolute Gasteiger partial charge is 0.439 e. The number of hydrogen-bond donors (Lipinski definition) is 1. The van der Waals surface area contributed by atoms with Crippen molar-refractivity contribution in [3.05, 3.63) is 36.2 Å². The van der Waals surface area contributed by atoms with Crippen LogP contribution in [-0.2, 0) is 9.84 Å². The van der Waals surface area contributed by atoms with Crippen LogP contribution in [0.15, 0.2) is 40.0 Å². The highest BCUT2D eigenvalue weighted by atomic mass is 35.5. The predicted molar refractivity (Wildman–Crippen MR) is 68.2 cm³/mol. The van der Waals surface area contributed by atoms with E-state index in [1.54, 1.807) is 12.1 Å². The molecule has 1 heterocycles. The molecule has 2 rings (SSSR count). The molecule has 0 fully saturated rings. The van der Waals surface area contributed by atoms with Crippen LogP contribution in [0, 0.1) is 6.08 Å². The molecule has 0 aromatic heterocycles. The molecule has 1 aromatic rings. The van der Waals surface area contributed by atoms with Crippen molar-refractivity contribution in [3.8, 4) is 5.75 Å². The average molecular weight is 286 g/mol. The van der Waals surface area contributed by atoms with E-state index in [1.807, 2.05) is 0 Å². The Morgan fingerprint density at radius 2 is 2.06 bits per heavy atom. The van der Waals surface area contributed by atoms with Crippen molar-refractivity contribution in [1.82, 2.24) is 5.32 Å². The topological polar surface area (TPSA) is 67.8 Å². The molecule has 0 spiro atoms. The van der Waals surface area contributed by atoms with Gasteiger partial charge in [-0.2, -0.15) is 0 Å². The molecule has 1 aromatic carbocycles. The highest BCUT2D eigenvalue weighted by Crippen LogP contribution is 2.19. The molecule has 0 bridgehead atoms. The summed E-state index contributed by atoms with van der Waals surface area (Å²) in [7, 11) is -3.20. The second kappa shape index (κ2) is 4.99. The zero-order valence-electron chi connectivity index (χ0n) is 9.42. The number of hydrogen-bond acceptors (Lipinski definition) is 5. The molecule has 18 heavy (non-hydrogen) atoms. The number of aliphatic imine (C=N–C) groups is 1. The van der Waals surface area contributed by atoms with Gasteiger partial charge in [0.25, 0.3) is 0 Å². The van der Waals surface area contributed by atoms with Gasteiger partial charge < -0.3 is 10.1 Å². The minimum Gasteiger partial charge on any atom is -0.439 e. The molecule has 1 aliphatic rings. The van der Waals surface area contributed by atoms with E-state index in [1.165, 1.54) is 18.5 Å². The Hall–Kier alpha value is -1.53. The maximum absolute atomic E-state index is 11.3. The third-order valence-corrected chi connectivity index (χ3v) is 3.48. The number of alkyl halides is 1. The fraction of sp³-hybridized carbons (Fsp3) is 0.182. The highest BCUT2D eigenvalue weighted by molar-refractivity contribution is 7.90. The Morgan fingerprint density at radius 1 is 1.39 bits per heavy atom. The van der Waals surface area contributed by atoms with Crippen molar-refractivity contribution in [3.63, 3.8) is 0 Å². The second-order valence-electron chi connectivity index (χ2n) is 3.58. The summed E-state index contributed by atoms with van der Waals surface area (Å²) in [6.07, 6.45) is 5.30. The molecule has 1 unspecified atom stereocenters. The first-order valence-electron chi connectivity index (χ1n) is 4.99. The fourth-order valence-electron chi connectivity index (χ4n) is 1.27. The van der Waals surface area contributed by atoms with Crippen molar-refractivity contribution in [2.75, 3.05) is 6.26 Å². The zero-order chi connectivity index (χ0) is 13.2. The molecule has 1 radical (unpaired) electrons. The molecule has 5 nitrogen and oxygen atoms in total. The number of nitrogens with one attached hydrogen (secondary N) is 1. The van der Waals surface area contributed by atoms with E-state index in [9.17, 15) is 8.42 Å². The Balaban J connectivity index is 2.14. The van der Waals surface area contributed by atoms with Gasteiger partial charge in [0.1, 0.15) is 11.3 Å². The number of ether oxygens (including phenoxy) is 1.